The van der Waals surface area contributed by atoms with E-state index in [1.165, 1.54) is 7.11 Å². The standard InChI is InChI=1S/C28H47NO10/c1-16-9-7-8-10-20(31)14-17(2)37-22(33)15-21(32)27(36-6)26(19(13-16)11-12-30)39-28-25(35)23(29(4)5)24(34)18(3)38-28/h7-10,12,16-21,23-28,31-32,34-35H,11,13-15H2,1-6H3/b9-7-,10-8+/t16-,17+,18+,19-,20+,21+,23-,24+,25+,26-,27-,28-/m0/s1. The van der Waals surface area contributed by atoms with Crippen LogP contribution in [-0.4, -0.2) is 120 Å². The largest absolute Gasteiger partial charge is 0.462 e. The molecule has 0 aromatic rings. The number of aldehydes is 1. The fourth-order valence-corrected chi connectivity index (χ4v) is 5.38. The van der Waals surface area contributed by atoms with Crippen LogP contribution in [0.25, 0.3) is 0 Å². The van der Waals surface area contributed by atoms with Crippen molar-refractivity contribution in [1.82, 2.24) is 4.90 Å². The lowest BCUT2D eigenvalue weighted by Crippen LogP contribution is -2.63. The molecule has 12 atom stereocenters. The first-order valence-corrected chi connectivity index (χ1v) is 13.6. The maximum Gasteiger partial charge on any atom is 0.308 e. The Hall–Kier alpha value is -1.70. The van der Waals surface area contributed by atoms with Gasteiger partial charge in [-0.05, 0) is 46.2 Å². The Morgan fingerprint density at radius 2 is 1.69 bits per heavy atom. The van der Waals surface area contributed by atoms with Crippen LogP contribution in [0, 0.1) is 11.8 Å². The Morgan fingerprint density at radius 3 is 2.31 bits per heavy atom. The molecule has 0 unspecified atom stereocenters. The minimum atomic E-state index is -1.37. The van der Waals surface area contributed by atoms with E-state index in [4.69, 9.17) is 18.9 Å². The van der Waals surface area contributed by atoms with Crippen LogP contribution in [0.3, 0.4) is 0 Å². The van der Waals surface area contributed by atoms with Crippen molar-refractivity contribution in [1.29, 1.82) is 0 Å². The van der Waals surface area contributed by atoms with Gasteiger partial charge in [0.25, 0.3) is 0 Å². The highest BCUT2D eigenvalue weighted by Crippen LogP contribution is 2.32. The molecule has 2 aliphatic rings. The number of esters is 1. The number of allylic oxidation sites excluding steroid dienone is 3. The quantitative estimate of drug-likeness (QED) is 0.268. The number of cyclic esters (lactones) is 1. The molecule has 0 aromatic heterocycles. The van der Waals surface area contributed by atoms with Crippen molar-refractivity contribution < 1.29 is 49.0 Å². The third-order valence-corrected chi connectivity index (χ3v) is 7.38. The number of aliphatic hydroxyl groups is 4. The molecule has 4 N–H and O–H groups in total. The first kappa shape index (κ1) is 33.5. The maximum atomic E-state index is 12.6. The summed E-state index contributed by atoms with van der Waals surface area (Å²) >= 11 is 0. The van der Waals surface area contributed by atoms with E-state index in [-0.39, 0.29) is 18.8 Å². The summed E-state index contributed by atoms with van der Waals surface area (Å²) in [6.07, 6.45) is -0.852. The van der Waals surface area contributed by atoms with Crippen molar-refractivity contribution in [3.63, 3.8) is 0 Å². The Morgan fingerprint density at radius 1 is 1.03 bits per heavy atom. The molecule has 0 radical (unpaired) electrons. The van der Waals surface area contributed by atoms with Crippen molar-refractivity contribution >= 4 is 12.3 Å². The van der Waals surface area contributed by atoms with E-state index in [9.17, 15) is 30.0 Å². The van der Waals surface area contributed by atoms with Crippen LogP contribution in [0.1, 0.15) is 46.5 Å². The summed E-state index contributed by atoms with van der Waals surface area (Å²) in [7, 11) is 4.82. The van der Waals surface area contributed by atoms with Gasteiger partial charge in [-0.3, -0.25) is 4.79 Å². The molecule has 1 saturated heterocycles. The number of hydrogen-bond acceptors (Lipinski definition) is 11. The minimum absolute atomic E-state index is 0.0400. The lowest BCUT2D eigenvalue weighted by Gasteiger charge is -2.46. The molecule has 0 bridgehead atoms. The zero-order valence-electron chi connectivity index (χ0n) is 23.8. The van der Waals surface area contributed by atoms with Crippen LogP contribution >= 0.6 is 0 Å². The van der Waals surface area contributed by atoms with Gasteiger partial charge in [0.15, 0.2) is 6.29 Å². The summed E-state index contributed by atoms with van der Waals surface area (Å²) in [4.78, 5) is 26.1. The summed E-state index contributed by atoms with van der Waals surface area (Å²) in [5, 5.41) is 43.0. The SMILES string of the molecule is CO[C@@H]1[C@@H](O[C@@H]2O[C@H](C)[C@@H](O)[C@H](N(C)C)[C@H]2O)[C@@H](CC=O)C[C@@H](C)/C=C\C=C\[C@@H](O)C[C@@H](C)OC(=O)C[C@H]1O. The highest BCUT2D eigenvalue weighted by atomic mass is 16.7. The second kappa shape index (κ2) is 15.9. The number of rotatable bonds is 6. The third-order valence-electron chi connectivity index (χ3n) is 7.38. The molecule has 39 heavy (non-hydrogen) atoms. The lowest BCUT2D eigenvalue weighted by atomic mass is 9.84. The van der Waals surface area contributed by atoms with Crippen molar-refractivity contribution in [2.45, 2.75) is 108 Å². The average Bonchev–Trinajstić information content (AvgIpc) is 2.83. The van der Waals surface area contributed by atoms with Gasteiger partial charge in [0, 0.05) is 20.0 Å². The van der Waals surface area contributed by atoms with E-state index in [1.54, 1.807) is 51.1 Å². The number of carbonyl (C=O) groups is 2. The molecule has 11 heteroatoms. The topological polar surface area (TPSA) is 155 Å². The van der Waals surface area contributed by atoms with Crippen LogP contribution in [0.5, 0.6) is 0 Å². The summed E-state index contributed by atoms with van der Waals surface area (Å²) in [5.74, 6) is -1.21. The molecule has 0 aromatic carbocycles. The Labute approximate surface area is 231 Å². The van der Waals surface area contributed by atoms with Gasteiger partial charge >= 0.3 is 5.97 Å². The molecule has 2 rings (SSSR count). The number of likely N-dealkylation sites (N-methyl/N-ethyl adjacent to an activating group) is 1. The summed E-state index contributed by atoms with van der Waals surface area (Å²) in [6.45, 7) is 5.28. The van der Waals surface area contributed by atoms with E-state index in [2.05, 4.69) is 0 Å². The third kappa shape index (κ3) is 9.72. The van der Waals surface area contributed by atoms with Crippen LogP contribution < -0.4 is 0 Å². The number of nitrogens with zero attached hydrogens (tertiary/aromatic N) is 1. The summed E-state index contributed by atoms with van der Waals surface area (Å²) < 4.78 is 23.2. The van der Waals surface area contributed by atoms with E-state index >= 15 is 0 Å². The van der Waals surface area contributed by atoms with Gasteiger partial charge in [-0.2, -0.15) is 0 Å². The molecule has 11 nitrogen and oxygen atoms in total. The first-order chi connectivity index (χ1) is 18.4. The smallest absolute Gasteiger partial charge is 0.308 e. The molecular formula is C28H47NO10. The second-order valence-corrected chi connectivity index (χ2v) is 11.0. The monoisotopic (exact) mass is 557 g/mol. The minimum Gasteiger partial charge on any atom is -0.462 e. The number of aliphatic hydroxyl groups excluding tert-OH is 4. The molecule has 0 spiro atoms. The van der Waals surface area contributed by atoms with Gasteiger partial charge in [-0.25, -0.2) is 0 Å². The fraction of sp³-hybridized carbons (Fsp3) is 0.786. The normalized spacial score (nSPS) is 43.0. The first-order valence-electron chi connectivity index (χ1n) is 13.6. The fourth-order valence-electron chi connectivity index (χ4n) is 5.38. The molecular weight excluding hydrogens is 510 g/mol. The maximum absolute atomic E-state index is 12.6. The molecule has 224 valence electrons. The van der Waals surface area contributed by atoms with Gasteiger partial charge in [0.2, 0.25) is 0 Å². The molecule has 2 heterocycles. The van der Waals surface area contributed by atoms with Crippen molar-refractivity contribution in [2.24, 2.45) is 11.8 Å². The average molecular weight is 558 g/mol. The van der Waals surface area contributed by atoms with Gasteiger partial charge < -0.3 is 49.1 Å². The molecule has 1 fully saturated rings. The molecule has 0 aliphatic carbocycles. The van der Waals surface area contributed by atoms with Crippen LogP contribution in [0.2, 0.25) is 0 Å². The molecule has 0 saturated carbocycles. The summed E-state index contributed by atoms with van der Waals surface area (Å²) in [5.41, 5.74) is 0. The van der Waals surface area contributed by atoms with Gasteiger partial charge in [0.1, 0.15) is 24.6 Å². The van der Waals surface area contributed by atoms with E-state index in [0.29, 0.717) is 6.42 Å². The van der Waals surface area contributed by atoms with E-state index in [1.807, 2.05) is 13.0 Å². The van der Waals surface area contributed by atoms with E-state index in [0.717, 1.165) is 6.29 Å². The van der Waals surface area contributed by atoms with Crippen LogP contribution in [0.4, 0.5) is 0 Å². The Balaban J connectivity index is 2.46. The Kier molecular flexibility index (Phi) is 13.7. The summed E-state index contributed by atoms with van der Waals surface area (Å²) in [6, 6.07) is -0.694. The predicted molar refractivity (Wildman–Crippen MR) is 143 cm³/mol. The zero-order valence-corrected chi connectivity index (χ0v) is 23.8. The van der Waals surface area contributed by atoms with Gasteiger partial charge in [-0.1, -0.05) is 31.2 Å². The lowest BCUT2D eigenvalue weighted by molar-refractivity contribution is -0.309. The highest BCUT2D eigenvalue weighted by molar-refractivity contribution is 5.70. The van der Waals surface area contributed by atoms with Crippen LogP contribution in [0.15, 0.2) is 24.3 Å². The van der Waals surface area contributed by atoms with Crippen molar-refractivity contribution in [3.8, 4) is 0 Å². The number of carbonyl (C=O) groups excluding carboxylic acids is 2. The van der Waals surface area contributed by atoms with Crippen molar-refractivity contribution in [3.05, 3.63) is 24.3 Å². The molecule has 0 amide bonds. The number of ether oxygens (including phenoxy) is 4. The van der Waals surface area contributed by atoms with Gasteiger partial charge in [-0.15, -0.1) is 0 Å². The molecule has 2 aliphatic heterocycles. The Bertz CT molecular complexity index is 820. The number of methoxy groups -OCH3 is 1. The van der Waals surface area contributed by atoms with Gasteiger partial charge in [0.05, 0.1) is 43.0 Å². The second-order valence-electron chi connectivity index (χ2n) is 11.0. The predicted octanol–water partition coefficient (Wildman–Crippen LogP) is 0.575. The van der Waals surface area contributed by atoms with Crippen LogP contribution in [-0.2, 0) is 28.5 Å². The van der Waals surface area contributed by atoms with E-state index < -0.39 is 79.5 Å². The highest BCUT2D eigenvalue weighted by Gasteiger charge is 2.47. The van der Waals surface area contributed by atoms with Crippen molar-refractivity contribution in [2.75, 3.05) is 21.2 Å². The zero-order chi connectivity index (χ0) is 29.3. The number of hydrogen-bond donors (Lipinski definition) is 4.